The molecule has 122 valence electrons. The van der Waals surface area contributed by atoms with Crippen LogP contribution in [0.4, 0.5) is 0 Å². The first-order valence-corrected chi connectivity index (χ1v) is 8.21. The van der Waals surface area contributed by atoms with Crippen LogP contribution in [-0.2, 0) is 18.4 Å². The molecule has 0 N–H and O–H groups in total. The first-order chi connectivity index (χ1) is 11.5. The van der Waals surface area contributed by atoms with E-state index in [1.807, 2.05) is 18.2 Å². The van der Waals surface area contributed by atoms with Gasteiger partial charge in [-0.1, -0.05) is 29.8 Å². The number of hydrogen-bond acceptors (Lipinski definition) is 6. The third kappa shape index (κ3) is 3.52. The van der Waals surface area contributed by atoms with Gasteiger partial charge in [0.25, 0.3) is 5.56 Å². The zero-order chi connectivity index (χ0) is 17.1. The molecule has 0 spiro atoms. The van der Waals surface area contributed by atoms with Crippen molar-refractivity contribution in [1.82, 2.24) is 14.8 Å². The maximum absolute atomic E-state index is 12.0. The number of thiazole rings is 1. The maximum atomic E-state index is 12.0. The molecule has 0 unspecified atom stereocenters. The minimum absolute atomic E-state index is 0.0182. The van der Waals surface area contributed by atoms with E-state index in [-0.39, 0.29) is 17.9 Å². The summed E-state index contributed by atoms with van der Waals surface area (Å²) in [5, 5.41) is 7.02. The van der Waals surface area contributed by atoms with E-state index in [2.05, 4.69) is 10.1 Å². The predicted octanol–water partition coefficient (Wildman–Crippen LogP) is 2.91. The van der Waals surface area contributed by atoms with Gasteiger partial charge in [-0.3, -0.25) is 4.79 Å². The van der Waals surface area contributed by atoms with E-state index in [4.69, 9.17) is 16.3 Å². The third-order valence-corrected chi connectivity index (χ3v) is 4.43. The van der Waals surface area contributed by atoms with E-state index in [0.717, 1.165) is 15.3 Å². The lowest BCUT2D eigenvalue weighted by molar-refractivity contribution is 0.0458. The average Bonchev–Trinajstić information content (AvgIpc) is 3.04. The van der Waals surface area contributed by atoms with Crippen molar-refractivity contribution in [2.75, 3.05) is 0 Å². The highest BCUT2D eigenvalue weighted by Crippen LogP contribution is 2.30. The molecule has 3 aromatic rings. The van der Waals surface area contributed by atoms with E-state index in [0.29, 0.717) is 10.7 Å². The lowest BCUT2D eigenvalue weighted by atomic mass is 10.2. The minimum atomic E-state index is -0.613. The molecule has 0 saturated carbocycles. The number of esters is 1. The first kappa shape index (κ1) is 16.4. The van der Waals surface area contributed by atoms with Crippen LogP contribution in [-0.4, -0.2) is 20.7 Å². The Hall–Kier alpha value is -2.51. The van der Waals surface area contributed by atoms with E-state index in [9.17, 15) is 9.59 Å². The molecule has 1 aromatic carbocycles. The molecule has 0 fully saturated rings. The van der Waals surface area contributed by atoms with Gasteiger partial charge in [-0.2, -0.15) is 5.10 Å². The van der Waals surface area contributed by atoms with E-state index >= 15 is 0 Å². The second-order valence-corrected chi connectivity index (χ2v) is 6.15. The van der Waals surface area contributed by atoms with Crippen LogP contribution in [0.2, 0.25) is 5.02 Å². The van der Waals surface area contributed by atoms with Crippen LogP contribution in [0.1, 0.15) is 16.2 Å². The Labute approximate surface area is 146 Å². The summed E-state index contributed by atoms with van der Waals surface area (Å²) in [5.41, 5.74) is 1.23. The number of ether oxygens (including phenoxy) is 1. The Morgan fingerprint density at radius 3 is 2.83 bits per heavy atom. The van der Waals surface area contributed by atoms with Gasteiger partial charge in [0, 0.05) is 24.1 Å². The highest BCUT2D eigenvalue weighted by molar-refractivity contribution is 7.13. The largest absolute Gasteiger partial charge is 0.454 e. The average molecular weight is 362 g/mol. The van der Waals surface area contributed by atoms with Gasteiger partial charge < -0.3 is 4.74 Å². The standard InChI is InChI=1S/C16H12ClN3O3S/c1-20-14(21)7-6-13(19-20)16(22)23-8-10-9-24-15(18-10)11-4-2-3-5-12(11)17/h2-7,9H,8H2,1H3. The van der Waals surface area contributed by atoms with Crippen molar-refractivity contribution in [3.05, 3.63) is 68.5 Å². The number of benzene rings is 1. The van der Waals surface area contributed by atoms with Crippen molar-refractivity contribution in [3.8, 4) is 10.6 Å². The van der Waals surface area contributed by atoms with Crippen LogP contribution in [0, 0.1) is 0 Å². The monoisotopic (exact) mass is 361 g/mol. The SMILES string of the molecule is Cn1nc(C(=O)OCc2csc(-c3ccccc3Cl)n2)ccc1=O. The molecule has 0 aliphatic rings. The molecule has 3 rings (SSSR count). The summed E-state index contributed by atoms with van der Waals surface area (Å²) < 4.78 is 6.26. The Balaban J connectivity index is 1.69. The highest BCUT2D eigenvalue weighted by atomic mass is 35.5. The van der Waals surface area contributed by atoms with Crippen LogP contribution in [0.25, 0.3) is 10.6 Å². The van der Waals surface area contributed by atoms with Crippen molar-refractivity contribution in [1.29, 1.82) is 0 Å². The zero-order valence-electron chi connectivity index (χ0n) is 12.6. The van der Waals surface area contributed by atoms with Gasteiger partial charge in [0.15, 0.2) is 5.69 Å². The molecule has 0 aliphatic heterocycles. The van der Waals surface area contributed by atoms with Crippen LogP contribution in [0.15, 0.2) is 46.6 Å². The maximum Gasteiger partial charge on any atom is 0.359 e. The summed E-state index contributed by atoms with van der Waals surface area (Å²) in [6.45, 7) is 0.0182. The smallest absolute Gasteiger partial charge is 0.359 e. The molecule has 0 saturated heterocycles. The number of nitrogens with zero attached hydrogens (tertiary/aromatic N) is 3. The van der Waals surface area contributed by atoms with Crippen molar-refractivity contribution >= 4 is 28.9 Å². The number of aryl methyl sites for hydroxylation is 1. The first-order valence-electron chi connectivity index (χ1n) is 6.95. The molecule has 0 atom stereocenters. The summed E-state index contributed by atoms with van der Waals surface area (Å²) in [4.78, 5) is 27.7. The Morgan fingerprint density at radius 2 is 2.08 bits per heavy atom. The summed E-state index contributed by atoms with van der Waals surface area (Å²) >= 11 is 7.57. The summed E-state index contributed by atoms with van der Waals surface area (Å²) in [6.07, 6.45) is 0. The Morgan fingerprint density at radius 1 is 1.29 bits per heavy atom. The fourth-order valence-corrected chi connectivity index (χ4v) is 3.08. The number of carbonyl (C=O) groups is 1. The van der Waals surface area contributed by atoms with Crippen molar-refractivity contribution in [2.24, 2.45) is 7.05 Å². The highest BCUT2D eigenvalue weighted by Gasteiger charge is 2.13. The molecule has 6 nitrogen and oxygen atoms in total. The summed E-state index contributed by atoms with van der Waals surface area (Å²) in [6, 6.07) is 10.0. The van der Waals surface area contributed by atoms with Gasteiger partial charge in [0.2, 0.25) is 0 Å². The molecule has 2 heterocycles. The fraction of sp³-hybridized carbons (Fsp3) is 0.125. The number of hydrogen-bond donors (Lipinski definition) is 0. The third-order valence-electron chi connectivity index (χ3n) is 3.18. The molecule has 0 amide bonds. The Kier molecular flexibility index (Phi) is 4.73. The van der Waals surface area contributed by atoms with Crippen molar-refractivity contribution in [2.45, 2.75) is 6.61 Å². The van der Waals surface area contributed by atoms with Gasteiger partial charge in [0.1, 0.15) is 11.6 Å². The molecule has 2 aromatic heterocycles. The van der Waals surface area contributed by atoms with E-state index < -0.39 is 5.97 Å². The lowest BCUT2D eigenvalue weighted by Crippen LogP contribution is -2.21. The number of halogens is 1. The number of carbonyl (C=O) groups excluding carboxylic acids is 1. The molecule has 24 heavy (non-hydrogen) atoms. The second-order valence-electron chi connectivity index (χ2n) is 4.88. The summed E-state index contributed by atoms with van der Waals surface area (Å²) in [5.74, 6) is -0.613. The molecular formula is C16H12ClN3O3S. The van der Waals surface area contributed by atoms with E-state index in [1.54, 1.807) is 11.4 Å². The topological polar surface area (TPSA) is 74.1 Å². The predicted molar refractivity (Wildman–Crippen MR) is 91.2 cm³/mol. The van der Waals surface area contributed by atoms with Crippen molar-refractivity contribution in [3.63, 3.8) is 0 Å². The second kappa shape index (κ2) is 6.94. The van der Waals surface area contributed by atoms with Crippen molar-refractivity contribution < 1.29 is 9.53 Å². The van der Waals surface area contributed by atoms with E-state index in [1.165, 1.54) is 30.5 Å². The normalized spacial score (nSPS) is 10.6. The zero-order valence-corrected chi connectivity index (χ0v) is 14.2. The number of rotatable bonds is 4. The Bertz CT molecular complexity index is 951. The van der Waals surface area contributed by atoms with Gasteiger partial charge in [-0.25, -0.2) is 14.5 Å². The molecule has 0 radical (unpaired) electrons. The van der Waals surface area contributed by atoms with Crippen LogP contribution in [0.5, 0.6) is 0 Å². The van der Waals surface area contributed by atoms with Gasteiger partial charge in [-0.05, 0) is 12.1 Å². The molecular weight excluding hydrogens is 350 g/mol. The van der Waals surface area contributed by atoms with Gasteiger partial charge in [-0.15, -0.1) is 11.3 Å². The number of aromatic nitrogens is 3. The lowest BCUT2D eigenvalue weighted by Gasteiger charge is -2.03. The molecule has 0 aliphatic carbocycles. The summed E-state index contributed by atoms with van der Waals surface area (Å²) in [7, 11) is 1.47. The van der Waals surface area contributed by atoms with Crippen LogP contribution >= 0.6 is 22.9 Å². The van der Waals surface area contributed by atoms with Gasteiger partial charge in [0.05, 0.1) is 10.7 Å². The fourth-order valence-electron chi connectivity index (χ4n) is 1.96. The van der Waals surface area contributed by atoms with Crippen LogP contribution in [0.3, 0.4) is 0 Å². The minimum Gasteiger partial charge on any atom is -0.454 e. The quantitative estimate of drug-likeness (QED) is 0.668. The molecule has 0 bridgehead atoms. The van der Waals surface area contributed by atoms with Crippen LogP contribution < -0.4 is 5.56 Å². The van der Waals surface area contributed by atoms with Gasteiger partial charge >= 0.3 is 5.97 Å². The molecule has 8 heteroatoms.